The summed E-state index contributed by atoms with van der Waals surface area (Å²) in [5, 5.41) is 20.8. The van der Waals surface area contributed by atoms with E-state index in [4.69, 9.17) is 62.7 Å². The highest BCUT2D eigenvalue weighted by molar-refractivity contribution is 6.62. The van der Waals surface area contributed by atoms with Gasteiger partial charge < -0.3 is 20.9 Å². The van der Waals surface area contributed by atoms with Gasteiger partial charge in [-0.3, -0.25) is 19.2 Å². The minimum atomic E-state index is -0.986. The molecule has 14 nitrogen and oxygen atoms in total. The smallest absolute Gasteiger partial charge is 0.332 e. The number of benzene rings is 4. The van der Waals surface area contributed by atoms with Crippen LogP contribution in [0.15, 0.2) is 72.8 Å². The maximum absolute atomic E-state index is 13.6. The second-order valence-electron chi connectivity index (χ2n) is 15.1. The summed E-state index contributed by atoms with van der Waals surface area (Å²) in [5.74, 6) is -0.970. The first kappa shape index (κ1) is 46.6. The second kappa shape index (κ2) is 18.9. The molecule has 0 radical (unpaired) electrons. The number of halogens is 5. The number of urea groups is 2. The zero-order valence-corrected chi connectivity index (χ0v) is 37.5. The van der Waals surface area contributed by atoms with E-state index >= 15 is 0 Å². The summed E-state index contributed by atoms with van der Waals surface area (Å²) in [6, 6.07) is 23.3. The first-order valence-corrected chi connectivity index (χ1v) is 21.2. The van der Waals surface area contributed by atoms with Crippen molar-refractivity contribution < 1.29 is 28.8 Å². The molecule has 7 amide bonds. The molecular formula is C44H37Cl5N8O6. The van der Waals surface area contributed by atoms with Gasteiger partial charge in [-0.25, -0.2) is 19.4 Å². The number of nitrogens with one attached hydrogen (secondary N) is 1. The van der Waals surface area contributed by atoms with E-state index in [0.29, 0.717) is 55.6 Å². The Bertz CT molecular complexity index is 2580. The Morgan fingerprint density at radius 1 is 0.667 bits per heavy atom. The van der Waals surface area contributed by atoms with Crippen LogP contribution in [0.4, 0.5) is 32.3 Å². The van der Waals surface area contributed by atoms with Crippen molar-refractivity contribution in [1.82, 2.24) is 9.80 Å². The molecule has 4 aromatic carbocycles. The quantitative estimate of drug-likeness (QED) is 0.103. The average Bonchev–Trinajstić information content (AvgIpc) is 3.96. The van der Waals surface area contributed by atoms with Crippen LogP contribution in [-0.2, 0) is 32.0 Å². The zero-order chi connectivity index (χ0) is 46.0. The van der Waals surface area contributed by atoms with Crippen LogP contribution in [0.25, 0.3) is 0 Å². The normalized spacial score (nSPS) is 19.7. The molecule has 2 atom stereocenters. The third-order valence-electron chi connectivity index (χ3n) is 11.1. The lowest BCUT2D eigenvalue weighted by molar-refractivity contribution is -0.124. The first-order valence-electron chi connectivity index (χ1n) is 19.3. The topological polar surface area (TPSA) is 201 Å². The fourth-order valence-corrected chi connectivity index (χ4v) is 9.36. The van der Waals surface area contributed by atoms with Crippen molar-refractivity contribution >= 4 is 116 Å². The Morgan fingerprint density at radius 2 is 1.02 bits per heavy atom. The number of rotatable bonds is 7. The Kier molecular flexibility index (Phi) is 14.0. The van der Waals surface area contributed by atoms with E-state index in [9.17, 15) is 28.8 Å². The van der Waals surface area contributed by atoms with E-state index < -0.39 is 17.1 Å². The number of nitriles is 2. The van der Waals surface area contributed by atoms with Gasteiger partial charge >= 0.3 is 12.1 Å². The van der Waals surface area contributed by atoms with Gasteiger partial charge in [0.05, 0.1) is 66.1 Å². The monoisotopic (exact) mass is 948 g/mol. The van der Waals surface area contributed by atoms with Crippen molar-refractivity contribution in [2.24, 2.45) is 0 Å². The molecule has 4 aliphatic rings. The number of nitrogens with two attached hydrogens (primary N) is 1. The number of nitrogen functional groups attached to an aromatic ring is 1. The Balaban J connectivity index is 0.000000194. The Hall–Kier alpha value is -5.87. The van der Waals surface area contributed by atoms with E-state index in [1.54, 1.807) is 46.2 Å². The first-order chi connectivity index (χ1) is 29.9. The summed E-state index contributed by atoms with van der Waals surface area (Å²) in [4.78, 5) is 79.4. The van der Waals surface area contributed by atoms with Crippen LogP contribution in [0, 0.1) is 22.7 Å². The number of carbonyl (C=O) groups excluding carboxylic acids is 6. The number of hydrogen-bond donors (Lipinski definition) is 2. The standard InChI is InChI=1S/C22H18Cl2N4O3.C20H16Cl2N4O2.C2H3ClO/c1-13(29)26-19-17(23)9-16(10-18(19)24)28-20(30)22(7-2-8-27(22)21(28)31)11-14-3-5-15(12-25)6-4-14;21-15-8-14(9-16(22)17(15)24)26-18(27)20(6-1-7-25(20)19(26)28)10-12-2-4-13(11-23)5-3-12;1-2(3)4/h3-6,9-10H,2,7-8,11H2,1H3,(H,26,29);2-5,8-9H,1,6-7,10,24H2;1H3. The lowest BCUT2D eigenvalue weighted by Gasteiger charge is -2.28. The molecule has 8 rings (SSSR count). The van der Waals surface area contributed by atoms with Crippen LogP contribution in [0.1, 0.15) is 61.8 Å². The lowest BCUT2D eigenvalue weighted by Crippen LogP contribution is -2.47. The molecule has 4 fully saturated rings. The Labute approximate surface area is 387 Å². The number of nitrogens with zero attached hydrogens (tertiary/aromatic N) is 6. The van der Waals surface area contributed by atoms with E-state index in [0.717, 1.165) is 33.8 Å². The fourth-order valence-electron chi connectivity index (χ4n) is 8.32. The molecule has 19 heteroatoms. The molecular weight excluding hydrogens is 914 g/mol. The largest absolute Gasteiger partial charge is 0.396 e. The van der Waals surface area contributed by atoms with E-state index in [1.807, 2.05) is 12.1 Å². The molecule has 0 aromatic heterocycles. The molecule has 2 unspecified atom stereocenters. The van der Waals surface area contributed by atoms with Crippen LogP contribution >= 0.6 is 58.0 Å². The van der Waals surface area contributed by atoms with Crippen molar-refractivity contribution in [1.29, 1.82) is 10.5 Å². The Morgan fingerprint density at radius 3 is 1.35 bits per heavy atom. The molecule has 0 saturated carbocycles. The molecule has 324 valence electrons. The van der Waals surface area contributed by atoms with Crippen LogP contribution in [-0.4, -0.2) is 69.0 Å². The van der Waals surface area contributed by atoms with Gasteiger partial charge in [-0.2, -0.15) is 10.5 Å². The number of hydrogen-bond acceptors (Lipinski definition) is 9. The molecule has 4 aliphatic heterocycles. The van der Waals surface area contributed by atoms with Gasteiger partial charge in [0.15, 0.2) is 0 Å². The van der Waals surface area contributed by atoms with Gasteiger partial charge in [0, 0.05) is 39.8 Å². The van der Waals surface area contributed by atoms with Gasteiger partial charge in [0.2, 0.25) is 11.1 Å². The van der Waals surface area contributed by atoms with Crippen molar-refractivity contribution in [3.8, 4) is 12.1 Å². The minimum Gasteiger partial charge on any atom is -0.396 e. The molecule has 0 bridgehead atoms. The second-order valence-corrected chi connectivity index (χ2v) is 17.3. The SMILES string of the molecule is CC(=O)Cl.CC(=O)Nc1c(Cl)cc(N2C(=O)N3CCCC3(Cc3ccc(C#N)cc3)C2=O)cc1Cl.N#Cc1ccc(CC23CCCN2C(=O)N(c2cc(Cl)c(N)c(Cl)c2)C3=O)cc1. The van der Waals surface area contributed by atoms with Gasteiger partial charge in [-0.1, -0.05) is 70.7 Å². The van der Waals surface area contributed by atoms with Gasteiger partial charge in [0.25, 0.3) is 11.8 Å². The molecule has 4 heterocycles. The predicted molar refractivity (Wildman–Crippen MR) is 241 cm³/mol. The average molecular weight is 951 g/mol. The molecule has 0 spiro atoms. The number of fused-ring (bicyclic) bond motifs is 2. The molecule has 63 heavy (non-hydrogen) atoms. The number of anilines is 4. The summed E-state index contributed by atoms with van der Waals surface area (Å²) < 4.78 is 0. The van der Waals surface area contributed by atoms with Crippen LogP contribution in [0.5, 0.6) is 0 Å². The molecule has 4 saturated heterocycles. The number of carbonyl (C=O) groups is 6. The summed E-state index contributed by atoms with van der Waals surface area (Å²) >= 11 is 29.4. The fraction of sp³-hybridized carbons (Fsp3) is 0.273. The summed E-state index contributed by atoms with van der Waals surface area (Å²) in [6.45, 7) is 3.60. The molecule has 3 N–H and O–H groups in total. The van der Waals surface area contributed by atoms with E-state index in [2.05, 4.69) is 29.1 Å². The van der Waals surface area contributed by atoms with Gasteiger partial charge in [-0.05, 0) is 96.9 Å². The zero-order valence-electron chi connectivity index (χ0n) is 33.7. The summed E-state index contributed by atoms with van der Waals surface area (Å²) in [7, 11) is 0. The van der Waals surface area contributed by atoms with Crippen molar-refractivity contribution in [3.63, 3.8) is 0 Å². The van der Waals surface area contributed by atoms with Gasteiger partial charge in [-0.15, -0.1) is 0 Å². The van der Waals surface area contributed by atoms with Crippen LogP contribution in [0.3, 0.4) is 0 Å². The van der Waals surface area contributed by atoms with Crippen LogP contribution in [0.2, 0.25) is 20.1 Å². The van der Waals surface area contributed by atoms with E-state index in [1.165, 1.54) is 38.1 Å². The highest BCUT2D eigenvalue weighted by atomic mass is 35.5. The minimum absolute atomic E-state index is 0.131. The highest BCUT2D eigenvalue weighted by Crippen LogP contribution is 2.46. The van der Waals surface area contributed by atoms with E-state index in [-0.39, 0.29) is 66.1 Å². The maximum Gasteiger partial charge on any atom is 0.332 e. The predicted octanol–water partition coefficient (Wildman–Crippen LogP) is 9.13. The summed E-state index contributed by atoms with van der Waals surface area (Å²) in [6.07, 6.45) is 3.33. The molecule has 0 aliphatic carbocycles. The third kappa shape index (κ3) is 9.14. The summed E-state index contributed by atoms with van der Waals surface area (Å²) in [5.41, 5.74) is 7.69. The number of imide groups is 2. The van der Waals surface area contributed by atoms with Crippen molar-refractivity contribution in [2.75, 3.05) is 33.9 Å². The van der Waals surface area contributed by atoms with Crippen molar-refractivity contribution in [3.05, 3.63) is 115 Å². The van der Waals surface area contributed by atoms with Gasteiger partial charge in [0.1, 0.15) is 11.1 Å². The lowest BCUT2D eigenvalue weighted by atomic mass is 9.87. The highest BCUT2D eigenvalue weighted by Gasteiger charge is 2.61. The molecule has 4 aromatic rings. The maximum atomic E-state index is 13.6. The van der Waals surface area contributed by atoms with Crippen LogP contribution < -0.4 is 20.9 Å². The third-order valence-corrected chi connectivity index (χ3v) is 12.3. The number of amides is 7. The van der Waals surface area contributed by atoms with Crippen molar-refractivity contribution in [2.45, 2.75) is 63.5 Å².